The molecule has 4 atom stereocenters. The van der Waals surface area contributed by atoms with Crippen LogP contribution >= 0.6 is 0 Å². The minimum absolute atomic E-state index is 0.0312. The maximum absolute atomic E-state index is 15.3. The molecule has 1 aromatic rings. The number of aliphatic hydroxyl groups excluding tert-OH is 1. The Morgan fingerprint density at radius 1 is 1.38 bits per heavy atom. The van der Waals surface area contributed by atoms with Gasteiger partial charge < -0.3 is 29.5 Å². The Morgan fingerprint density at radius 2 is 2.14 bits per heavy atom. The van der Waals surface area contributed by atoms with Crippen LogP contribution in [0.1, 0.15) is 18.9 Å². The van der Waals surface area contributed by atoms with Crippen LogP contribution in [0.2, 0.25) is 18.6 Å². The predicted molar refractivity (Wildman–Crippen MR) is 110 cm³/mol. The van der Waals surface area contributed by atoms with Crippen molar-refractivity contribution in [1.29, 1.82) is 0 Å². The van der Waals surface area contributed by atoms with Crippen LogP contribution in [0.4, 0.5) is 15.5 Å². The molecular formula is C20H28FN3O4Si. The standard InChI is InChI=1S/C20H28FN3O4Si/c1-12-18(29(2,3)21)16(6-9-25)28-20(12)14-10-13(4-5-15(14)23-19(20)27)24-8-7-22-11-17(24)26/h4-5,10,12,16,18,22,25H,6-9,11H2,1-3H3,(H,23,27)/t12-,16+,18-,20+/m1/s1. The normalized spacial score (nSPS) is 32.0. The fraction of sp³-hybridized carbons (Fsp3) is 0.600. The van der Waals surface area contributed by atoms with Gasteiger partial charge in [0.15, 0.2) is 5.60 Å². The van der Waals surface area contributed by atoms with Gasteiger partial charge in [-0.1, -0.05) is 6.92 Å². The first-order chi connectivity index (χ1) is 13.7. The highest BCUT2D eigenvalue weighted by Crippen LogP contribution is 2.59. The number of ether oxygens (including phenoxy) is 1. The maximum atomic E-state index is 15.3. The fourth-order valence-electron chi connectivity index (χ4n) is 5.30. The van der Waals surface area contributed by atoms with Crippen molar-refractivity contribution in [1.82, 2.24) is 5.32 Å². The van der Waals surface area contributed by atoms with Crippen LogP contribution in [0, 0.1) is 5.92 Å². The van der Waals surface area contributed by atoms with E-state index in [1.165, 1.54) is 0 Å². The lowest BCUT2D eigenvalue weighted by molar-refractivity contribution is -0.143. The number of carbonyl (C=O) groups excluding carboxylic acids is 2. The van der Waals surface area contributed by atoms with Gasteiger partial charge in [0.05, 0.1) is 12.6 Å². The Balaban J connectivity index is 1.79. The average molecular weight is 422 g/mol. The van der Waals surface area contributed by atoms with E-state index >= 15 is 4.11 Å². The van der Waals surface area contributed by atoms with E-state index in [4.69, 9.17) is 4.74 Å². The lowest BCUT2D eigenvalue weighted by atomic mass is 9.82. The van der Waals surface area contributed by atoms with Gasteiger partial charge in [0.25, 0.3) is 5.91 Å². The molecule has 2 amide bonds. The van der Waals surface area contributed by atoms with Gasteiger partial charge in [-0.05, 0) is 37.7 Å². The van der Waals surface area contributed by atoms with Crippen molar-refractivity contribution in [3.63, 3.8) is 0 Å². The first-order valence-electron chi connectivity index (χ1n) is 10.1. The quantitative estimate of drug-likeness (QED) is 0.509. The Bertz CT molecular complexity index is 846. The molecule has 0 unspecified atom stereocenters. The number of benzene rings is 1. The third-order valence-corrected chi connectivity index (χ3v) is 8.97. The van der Waals surface area contributed by atoms with Gasteiger partial charge in [-0.15, -0.1) is 0 Å². The number of amides is 2. The van der Waals surface area contributed by atoms with Crippen molar-refractivity contribution in [3.05, 3.63) is 23.8 Å². The molecule has 3 aliphatic rings. The molecule has 158 valence electrons. The van der Waals surface area contributed by atoms with Crippen LogP contribution in [0.25, 0.3) is 0 Å². The molecule has 0 bridgehead atoms. The predicted octanol–water partition coefficient (Wildman–Crippen LogP) is 1.73. The van der Waals surface area contributed by atoms with E-state index in [-0.39, 0.29) is 37.3 Å². The van der Waals surface area contributed by atoms with Gasteiger partial charge >= 0.3 is 0 Å². The third kappa shape index (κ3) is 3.11. The summed E-state index contributed by atoms with van der Waals surface area (Å²) in [5.41, 5.74) is 0.276. The molecule has 1 spiro atoms. The number of aliphatic hydroxyl groups is 1. The topological polar surface area (TPSA) is 90.9 Å². The third-order valence-electron chi connectivity index (χ3n) is 6.51. The molecule has 2 saturated heterocycles. The van der Waals surface area contributed by atoms with Crippen molar-refractivity contribution < 1.29 is 23.5 Å². The largest absolute Gasteiger partial charge is 0.396 e. The second kappa shape index (κ2) is 7.15. The zero-order valence-electron chi connectivity index (χ0n) is 17.0. The number of carbonyl (C=O) groups is 2. The number of anilines is 2. The Morgan fingerprint density at radius 3 is 2.79 bits per heavy atom. The van der Waals surface area contributed by atoms with Crippen LogP contribution < -0.4 is 15.5 Å². The molecule has 29 heavy (non-hydrogen) atoms. The summed E-state index contributed by atoms with van der Waals surface area (Å²) in [5.74, 6) is -0.718. The molecular weight excluding hydrogens is 393 g/mol. The zero-order valence-corrected chi connectivity index (χ0v) is 18.0. The van der Waals surface area contributed by atoms with E-state index in [1.807, 2.05) is 19.1 Å². The number of piperazine rings is 1. The number of fused-ring (bicyclic) bond motifs is 2. The van der Waals surface area contributed by atoms with Gasteiger partial charge in [-0.2, -0.15) is 0 Å². The lowest BCUT2D eigenvalue weighted by Crippen LogP contribution is -2.48. The summed E-state index contributed by atoms with van der Waals surface area (Å²) >= 11 is 0. The molecule has 0 aliphatic carbocycles. The number of halogens is 1. The molecule has 7 nitrogen and oxygen atoms in total. The summed E-state index contributed by atoms with van der Waals surface area (Å²) in [6.07, 6.45) is -0.238. The van der Waals surface area contributed by atoms with Gasteiger partial charge in [0.2, 0.25) is 14.3 Å². The highest BCUT2D eigenvalue weighted by molar-refractivity contribution is 6.72. The van der Waals surface area contributed by atoms with E-state index in [1.54, 1.807) is 24.1 Å². The molecule has 0 aromatic heterocycles. The van der Waals surface area contributed by atoms with E-state index < -0.39 is 25.7 Å². The van der Waals surface area contributed by atoms with Crippen LogP contribution in [-0.2, 0) is 19.9 Å². The summed E-state index contributed by atoms with van der Waals surface area (Å²) in [5, 5.41) is 15.4. The minimum atomic E-state index is -3.18. The van der Waals surface area contributed by atoms with Gasteiger partial charge in [0.1, 0.15) is 0 Å². The van der Waals surface area contributed by atoms with Crippen molar-refractivity contribution in [2.24, 2.45) is 5.92 Å². The van der Waals surface area contributed by atoms with E-state index in [0.29, 0.717) is 30.0 Å². The van der Waals surface area contributed by atoms with Crippen molar-refractivity contribution >= 4 is 31.6 Å². The smallest absolute Gasteiger partial charge is 0.261 e. The summed E-state index contributed by atoms with van der Waals surface area (Å²) in [4.78, 5) is 27.2. The average Bonchev–Trinajstić information content (AvgIpc) is 3.10. The summed E-state index contributed by atoms with van der Waals surface area (Å²) in [6, 6.07) is 5.44. The molecule has 9 heteroatoms. The van der Waals surface area contributed by atoms with E-state index in [2.05, 4.69) is 10.6 Å². The first kappa shape index (κ1) is 20.5. The number of hydrogen-bond acceptors (Lipinski definition) is 5. The molecule has 4 rings (SSSR count). The highest BCUT2D eigenvalue weighted by Gasteiger charge is 2.65. The summed E-state index contributed by atoms with van der Waals surface area (Å²) in [7, 11) is -3.18. The SMILES string of the molecule is C[C@@H]1[C@@H]([Si](C)(C)F)[C@H](CCO)O[C@@]12C(=O)Nc1ccc(N3CCNCC3=O)cc12. The Kier molecular flexibility index (Phi) is 5.05. The molecule has 2 fully saturated rings. The Labute approximate surface area is 170 Å². The van der Waals surface area contributed by atoms with Crippen molar-refractivity contribution in [2.45, 2.75) is 43.7 Å². The van der Waals surface area contributed by atoms with Crippen molar-refractivity contribution in [3.8, 4) is 0 Å². The minimum Gasteiger partial charge on any atom is -0.396 e. The molecule has 0 saturated carbocycles. The number of rotatable bonds is 4. The molecule has 0 radical (unpaired) electrons. The molecule has 3 heterocycles. The monoisotopic (exact) mass is 421 g/mol. The number of nitrogens with one attached hydrogen (secondary N) is 2. The van der Waals surface area contributed by atoms with E-state index in [0.717, 1.165) is 0 Å². The van der Waals surface area contributed by atoms with Crippen LogP contribution in [-0.4, -0.2) is 57.7 Å². The fourth-order valence-corrected chi connectivity index (χ4v) is 7.84. The Hall–Kier alpha value is -1.81. The zero-order chi connectivity index (χ0) is 21.0. The summed E-state index contributed by atoms with van der Waals surface area (Å²) in [6.45, 7) is 6.51. The first-order valence-corrected chi connectivity index (χ1v) is 13.1. The van der Waals surface area contributed by atoms with Gasteiger partial charge in [-0.25, -0.2) is 0 Å². The van der Waals surface area contributed by atoms with Crippen LogP contribution in [0.5, 0.6) is 0 Å². The maximum Gasteiger partial charge on any atom is 0.261 e. The van der Waals surface area contributed by atoms with E-state index in [9.17, 15) is 14.7 Å². The highest BCUT2D eigenvalue weighted by atomic mass is 28.4. The second-order valence-electron chi connectivity index (χ2n) is 8.69. The van der Waals surface area contributed by atoms with Crippen molar-refractivity contribution in [2.75, 3.05) is 36.5 Å². The lowest BCUT2D eigenvalue weighted by Gasteiger charge is -2.31. The van der Waals surface area contributed by atoms with Gasteiger partial charge in [-0.3, -0.25) is 9.59 Å². The molecule has 3 N–H and O–H groups in total. The molecule has 1 aromatic carbocycles. The summed E-state index contributed by atoms with van der Waals surface area (Å²) < 4.78 is 21.6. The van der Waals surface area contributed by atoms with Gasteiger partial charge in [0, 0.05) is 48.1 Å². The van der Waals surface area contributed by atoms with Crippen LogP contribution in [0.3, 0.4) is 0 Å². The second-order valence-corrected chi connectivity index (χ2v) is 12.5. The number of nitrogens with zero attached hydrogens (tertiary/aromatic N) is 1. The number of hydrogen-bond donors (Lipinski definition) is 3. The molecule has 3 aliphatic heterocycles. The van der Waals surface area contributed by atoms with Crippen LogP contribution in [0.15, 0.2) is 18.2 Å².